The summed E-state index contributed by atoms with van der Waals surface area (Å²) in [6.45, 7) is 0. The van der Waals surface area contributed by atoms with E-state index in [-0.39, 0.29) is 18.7 Å². The van der Waals surface area contributed by atoms with E-state index in [0.717, 1.165) is 11.1 Å². The molecule has 3 atom stereocenters. The standard InChI is InChI=1S/C22H24N4O4/c23-20(28)16(11-14-7-3-1-4-8-14)24-19(27)13-18-22(30)25-17(21(29)26-18)12-15-9-5-2-6-10-15/h1-10,16-18H,11-13H2,(H2,23,28)(H,24,27)(H,25,30)(H,26,29)/t16-,17-,18-/m0/s1. The Morgan fingerprint density at radius 3 is 2.00 bits per heavy atom. The van der Waals surface area contributed by atoms with Crippen molar-refractivity contribution in [3.63, 3.8) is 0 Å². The molecule has 1 aliphatic heterocycles. The second-order valence-corrected chi connectivity index (χ2v) is 7.23. The van der Waals surface area contributed by atoms with Crippen LogP contribution in [0.4, 0.5) is 0 Å². The smallest absolute Gasteiger partial charge is 0.243 e. The largest absolute Gasteiger partial charge is 0.368 e. The Bertz CT molecular complexity index is 917. The Balaban J connectivity index is 1.55. The van der Waals surface area contributed by atoms with E-state index in [1.54, 1.807) is 0 Å². The minimum Gasteiger partial charge on any atom is -0.368 e. The molecule has 1 saturated heterocycles. The highest BCUT2D eigenvalue weighted by Crippen LogP contribution is 2.09. The maximum Gasteiger partial charge on any atom is 0.243 e. The maximum atomic E-state index is 12.4. The van der Waals surface area contributed by atoms with Crippen LogP contribution in [0, 0.1) is 0 Å². The summed E-state index contributed by atoms with van der Waals surface area (Å²) in [5.41, 5.74) is 7.16. The van der Waals surface area contributed by atoms with Crippen molar-refractivity contribution in [2.24, 2.45) is 5.73 Å². The number of hydrogen-bond acceptors (Lipinski definition) is 4. The first-order valence-electron chi connectivity index (χ1n) is 9.69. The number of piperazine rings is 1. The van der Waals surface area contributed by atoms with E-state index in [4.69, 9.17) is 5.73 Å². The van der Waals surface area contributed by atoms with Crippen molar-refractivity contribution in [1.29, 1.82) is 0 Å². The van der Waals surface area contributed by atoms with Crippen LogP contribution in [0.3, 0.4) is 0 Å². The van der Waals surface area contributed by atoms with Gasteiger partial charge in [-0.1, -0.05) is 60.7 Å². The zero-order valence-corrected chi connectivity index (χ0v) is 16.3. The number of amides is 4. The predicted molar refractivity (Wildman–Crippen MR) is 110 cm³/mol. The Morgan fingerprint density at radius 1 is 0.867 bits per heavy atom. The molecule has 0 aromatic heterocycles. The van der Waals surface area contributed by atoms with Crippen LogP contribution in [0.5, 0.6) is 0 Å². The normalized spacial score (nSPS) is 19.3. The zero-order chi connectivity index (χ0) is 21.5. The molecule has 0 aliphatic carbocycles. The van der Waals surface area contributed by atoms with Gasteiger partial charge in [-0.2, -0.15) is 0 Å². The highest BCUT2D eigenvalue weighted by atomic mass is 16.2. The fraction of sp³-hybridized carbons (Fsp3) is 0.273. The maximum absolute atomic E-state index is 12.4. The molecule has 8 nitrogen and oxygen atoms in total. The van der Waals surface area contributed by atoms with Crippen molar-refractivity contribution in [3.8, 4) is 0 Å². The van der Waals surface area contributed by atoms with E-state index in [1.165, 1.54) is 0 Å². The Hall–Kier alpha value is -3.68. The first kappa shape index (κ1) is 21.0. The molecule has 8 heteroatoms. The third-order valence-electron chi connectivity index (χ3n) is 4.90. The molecule has 5 N–H and O–H groups in total. The van der Waals surface area contributed by atoms with E-state index >= 15 is 0 Å². The molecule has 2 aromatic carbocycles. The molecule has 4 amide bonds. The van der Waals surface area contributed by atoms with Crippen molar-refractivity contribution in [1.82, 2.24) is 16.0 Å². The summed E-state index contributed by atoms with van der Waals surface area (Å²) < 4.78 is 0. The van der Waals surface area contributed by atoms with E-state index in [0.29, 0.717) is 6.42 Å². The number of primary amides is 1. The van der Waals surface area contributed by atoms with Gasteiger partial charge in [0.25, 0.3) is 0 Å². The van der Waals surface area contributed by atoms with Gasteiger partial charge in [0.05, 0.1) is 6.42 Å². The first-order valence-corrected chi connectivity index (χ1v) is 9.69. The number of carbonyl (C=O) groups is 4. The summed E-state index contributed by atoms with van der Waals surface area (Å²) >= 11 is 0. The molecular weight excluding hydrogens is 384 g/mol. The first-order chi connectivity index (χ1) is 14.4. The van der Waals surface area contributed by atoms with Crippen LogP contribution in [0.2, 0.25) is 0 Å². The summed E-state index contributed by atoms with van der Waals surface area (Å²) in [5, 5.41) is 7.81. The van der Waals surface area contributed by atoms with E-state index in [1.807, 2.05) is 60.7 Å². The topological polar surface area (TPSA) is 130 Å². The lowest BCUT2D eigenvalue weighted by atomic mass is 10.0. The summed E-state index contributed by atoms with van der Waals surface area (Å²) in [6.07, 6.45) is 0.316. The predicted octanol–water partition coefficient (Wildman–Crippen LogP) is -0.185. The molecule has 0 spiro atoms. The fourth-order valence-electron chi connectivity index (χ4n) is 3.32. The van der Waals surface area contributed by atoms with Gasteiger partial charge < -0.3 is 21.7 Å². The van der Waals surface area contributed by atoms with Crippen molar-refractivity contribution < 1.29 is 19.2 Å². The fourth-order valence-corrected chi connectivity index (χ4v) is 3.32. The van der Waals surface area contributed by atoms with Gasteiger partial charge in [0.1, 0.15) is 18.1 Å². The SMILES string of the molecule is NC(=O)[C@H](Cc1ccccc1)NC(=O)C[C@@H]1NC(=O)[C@H](Cc2ccccc2)NC1=O. The summed E-state index contributed by atoms with van der Waals surface area (Å²) in [4.78, 5) is 48.9. The molecule has 30 heavy (non-hydrogen) atoms. The van der Waals surface area contributed by atoms with Gasteiger partial charge in [-0.05, 0) is 11.1 Å². The quantitative estimate of drug-likeness (QED) is 0.482. The molecule has 2 aromatic rings. The Morgan fingerprint density at radius 2 is 1.40 bits per heavy atom. The van der Waals surface area contributed by atoms with Crippen molar-refractivity contribution >= 4 is 23.6 Å². The van der Waals surface area contributed by atoms with Crippen LogP contribution in [-0.4, -0.2) is 41.8 Å². The van der Waals surface area contributed by atoms with Crippen molar-refractivity contribution in [2.45, 2.75) is 37.4 Å². The lowest BCUT2D eigenvalue weighted by Crippen LogP contribution is -2.63. The molecule has 0 saturated carbocycles. The van der Waals surface area contributed by atoms with Gasteiger partial charge in [-0.3, -0.25) is 19.2 Å². The zero-order valence-electron chi connectivity index (χ0n) is 16.3. The van der Waals surface area contributed by atoms with Crippen LogP contribution in [0.15, 0.2) is 60.7 Å². The van der Waals surface area contributed by atoms with Crippen LogP contribution < -0.4 is 21.7 Å². The molecule has 0 bridgehead atoms. The molecule has 1 fully saturated rings. The molecule has 0 radical (unpaired) electrons. The average molecular weight is 408 g/mol. The summed E-state index contributed by atoms with van der Waals surface area (Å²) in [5.74, 6) is -2.01. The highest BCUT2D eigenvalue weighted by molar-refractivity contribution is 5.99. The highest BCUT2D eigenvalue weighted by Gasteiger charge is 2.35. The van der Waals surface area contributed by atoms with Gasteiger partial charge in [0.15, 0.2) is 0 Å². The third-order valence-corrected chi connectivity index (χ3v) is 4.90. The Labute approximate surface area is 174 Å². The number of carbonyl (C=O) groups excluding carboxylic acids is 4. The van der Waals surface area contributed by atoms with Crippen LogP contribution in [-0.2, 0) is 32.0 Å². The molecule has 0 unspecified atom stereocenters. The minimum atomic E-state index is -1.00. The number of hydrogen-bond donors (Lipinski definition) is 4. The second-order valence-electron chi connectivity index (χ2n) is 7.23. The number of nitrogens with one attached hydrogen (secondary N) is 3. The molecule has 1 aliphatic rings. The number of benzene rings is 2. The van der Waals surface area contributed by atoms with Crippen molar-refractivity contribution in [2.75, 3.05) is 0 Å². The third kappa shape index (κ3) is 5.66. The average Bonchev–Trinajstić information content (AvgIpc) is 2.72. The van der Waals surface area contributed by atoms with Gasteiger partial charge in [-0.15, -0.1) is 0 Å². The minimum absolute atomic E-state index is 0.240. The number of rotatable bonds is 8. The van der Waals surface area contributed by atoms with Crippen LogP contribution in [0.1, 0.15) is 17.5 Å². The van der Waals surface area contributed by atoms with E-state index in [2.05, 4.69) is 16.0 Å². The van der Waals surface area contributed by atoms with E-state index in [9.17, 15) is 19.2 Å². The van der Waals surface area contributed by atoms with Crippen molar-refractivity contribution in [3.05, 3.63) is 71.8 Å². The lowest BCUT2D eigenvalue weighted by molar-refractivity contribution is -0.138. The Kier molecular flexibility index (Phi) is 6.79. The van der Waals surface area contributed by atoms with Crippen LogP contribution in [0.25, 0.3) is 0 Å². The van der Waals surface area contributed by atoms with E-state index < -0.39 is 35.8 Å². The molecule has 156 valence electrons. The van der Waals surface area contributed by atoms with Gasteiger partial charge in [-0.25, -0.2) is 0 Å². The van der Waals surface area contributed by atoms with Gasteiger partial charge in [0.2, 0.25) is 23.6 Å². The molecule has 1 heterocycles. The monoisotopic (exact) mass is 408 g/mol. The lowest BCUT2D eigenvalue weighted by Gasteiger charge is -2.29. The molecule has 3 rings (SSSR count). The van der Waals surface area contributed by atoms with Gasteiger partial charge >= 0.3 is 0 Å². The van der Waals surface area contributed by atoms with Crippen LogP contribution >= 0.6 is 0 Å². The summed E-state index contributed by atoms with van der Waals surface area (Å²) in [6, 6.07) is 15.8. The second kappa shape index (κ2) is 9.69. The number of nitrogens with two attached hydrogens (primary N) is 1. The molecular formula is C22H24N4O4. The summed E-state index contributed by atoms with van der Waals surface area (Å²) in [7, 11) is 0. The van der Waals surface area contributed by atoms with Gasteiger partial charge in [0, 0.05) is 12.8 Å².